The number of carbonyl (C=O) groups excluding carboxylic acids is 4. The average Bonchev–Trinajstić information content (AvgIpc) is 3.62. The smallest absolute Gasteiger partial charge is 0.407 e. The van der Waals surface area contributed by atoms with E-state index in [9.17, 15) is 24.3 Å². The Morgan fingerprint density at radius 2 is 1.54 bits per heavy atom. The molecule has 2 heterocycles. The van der Waals surface area contributed by atoms with Gasteiger partial charge in [-0.1, -0.05) is 111 Å². The molecule has 2 aromatic carbocycles. The SMILES string of the molecule is COC(=O)NC(C(=O)NN(CCC(C)(C)C)CC(O)C(Cc1ccccc1)NC(=O)C(N1CCN(Cc2nn(C)c3ccccc23)C1=O)C(C)(C)C)C(C)(C)C. The maximum Gasteiger partial charge on any atom is 0.407 e. The molecule has 4 atom stereocenters. The second-order valence-corrected chi connectivity index (χ2v) is 18.3. The number of aryl methyl sites for hydroxylation is 1. The fourth-order valence-corrected chi connectivity index (χ4v) is 7.08. The van der Waals surface area contributed by atoms with Gasteiger partial charge in [-0.3, -0.25) is 19.7 Å². The van der Waals surface area contributed by atoms with Crippen molar-refractivity contribution in [1.29, 1.82) is 0 Å². The van der Waals surface area contributed by atoms with Gasteiger partial charge in [-0.2, -0.15) is 5.10 Å². The summed E-state index contributed by atoms with van der Waals surface area (Å²) in [6, 6.07) is 14.6. The molecular formula is C42H64N8O6. The number of rotatable bonds is 15. The summed E-state index contributed by atoms with van der Waals surface area (Å²) in [5, 5.41) is 25.1. The molecule has 14 nitrogen and oxygen atoms in total. The number of aromatic nitrogens is 2. The normalized spacial score (nSPS) is 16.1. The van der Waals surface area contributed by atoms with Crippen LogP contribution < -0.4 is 16.1 Å². The van der Waals surface area contributed by atoms with Crippen molar-refractivity contribution >= 4 is 34.8 Å². The van der Waals surface area contributed by atoms with Gasteiger partial charge in [0.1, 0.15) is 12.1 Å². The van der Waals surface area contributed by atoms with Crippen LogP contribution >= 0.6 is 0 Å². The van der Waals surface area contributed by atoms with Gasteiger partial charge in [-0.05, 0) is 40.7 Å². The zero-order valence-corrected chi connectivity index (χ0v) is 35.2. The number of amides is 5. The lowest BCUT2D eigenvalue weighted by molar-refractivity contribution is -0.133. The van der Waals surface area contributed by atoms with Crippen molar-refractivity contribution in [1.82, 2.24) is 40.6 Å². The van der Waals surface area contributed by atoms with Gasteiger partial charge >= 0.3 is 12.1 Å². The summed E-state index contributed by atoms with van der Waals surface area (Å²) >= 11 is 0. The summed E-state index contributed by atoms with van der Waals surface area (Å²) in [5.41, 5.74) is 4.20. The van der Waals surface area contributed by atoms with Crippen molar-refractivity contribution in [2.75, 3.05) is 33.3 Å². The highest BCUT2D eigenvalue weighted by Gasteiger charge is 2.45. The first-order valence-corrected chi connectivity index (χ1v) is 19.5. The van der Waals surface area contributed by atoms with Crippen LogP contribution in [-0.2, 0) is 34.3 Å². The molecule has 1 saturated heterocycles. The van der Waals surface area contributed by atoms with E-state index in [1.165, 1.54) is 7.11 Å². The van der Waals surface area contributed by atoms with Crippen LogP contribution in [0.4, 0.5) is 9.59 Å². The van der Waals surface area contributed by atoms with E-state index in [1.807, 2.05) is 108 Å². The quantitative estimate of drug-likeness (QED) is 0.159. The number of hydrogen-bond acceptors (Lipinski definition) is 8. The molecule has 0 radical (unpaired) electrons. The van der Waals surface area contributed by atoms with Crippen molar-refractivity contribution in [3.63, 3.8) is 0 Å². The van der Waals surface area contributed by atoms with Gasteiger partial charge in [0.05, 0.1) is 37.0 Å². The third kappa shape index (κ3) is 11.7. The average molecular weight is 777 g/mol. The second-order valence-electron chi connectivity index (χ2n) is 18.3. The van der Waals surface area contributed by atoms with E-state index in [0.717, 1.165) is 22.2 Å². The number of urea groups is 1. The van der Waals surface area contributed by atoms with Crippen LogP contribution in [0.5, 0.6) is 0 Å². The lowest BCUT2D eigenvalue weighted by Crippen LogP contribution is -2.61. The van der Waals surface area contributed by atoms with E-state index < -0.39 is 47.1 Å². The van der Waals surface area contributed by atoms with Crippen molar-refractivity contribution in [3.05, 3.63) is 65.9 Å². The van der Waals surface area contributed by atoms with E-state index in [0.29, 0.717) is 39.0 Å². The first kappa shape index (κ1) is 44.0. The van der Waals surface area contributed by atoms with Gasteiger partial charge in [0.15, 0.2) is 0 Å². The number of carbonyl (C=O) groups is 4. The van der Waals surface area contributed by atoms with E-state index in [1.54, 1.807) is 14.8 Å². The highest BCUT2D eigenvalue weighted by atomic mass is 16.5. The number of alkyl carbamates (subject to hydrolysis) is 1. The zero-order chi connectivity index (χ0) is 41.6. The number of nitrogens with zero attached hydrogens (tertiary/aromatic N) is 5. The number of benzene rings is 2. The standard InChI is InChI=1S/C42H64N8O6/c1-40(2,3)21-22-49(46-36(52)34(41(4,5)6)44-38(54)56-11)27-33(51)30(25-28-17-13-12-14-18-28)43-37(53)35(42(7,8)9)50-24-23-48(39(50)55)26-31-29-19-15-16-20-32(29)47(10)45-31/h12-20,30,33-35,51H,21-27H2,1-11H3,(H,43,53)(H,44,54)(H,46,52). The van der Waals surface area contributed by atoms with Gasteiger partial charge in [0.25, 0.3) is 5.91 Å². The van der Waals surface area contributed by atoms with Crippen LogP contribution in [0.25, 0.3) is 10.9 Å². The van der Waals surface area contributed by atoms with Crippen molar-refractivity contribution in [2.24, 2.45) is 23.3 Å². The highest BCUT2D eigenvalue weighted by Crippen LogP contribution is 2.30. The Morgan fingerprint density at radius 3 is 2.14 bits per heavy atom. The Morgan fingerprint density at radius 1 is 0.893 bits per heavy atom. The molecule has 5 amide bonds. The Labute approximate surface area is 332 Å². The summed E-state index contributed by atoms with van der Waals surface area (Å²) in [5.74, 6) is -0.840. The van der Waals surface area contributed by atoms with Gasteiger partial charge in [-0.15, -0.1) is 0 Å². The largest absolute Gasteiger partial charge is 0.453 e. The predicted molar refractivity (Wildman–Crippen MR) is 217 cm³/mol. The Kier molecular flexibility index (Phi) is 14.2. The minimum atomic E-state index is -1.15. The maximum absolute atomic E-state index is 14.5. The Balaban J connectivity index is 1.58. The molecule has 0 aliphatic carbocycles. The van der Waals surface area contributed by atoms with E-state index in [2.05, 4.69) is 41.9 Å². The molecule has 1 aromatic heterocycles. The molecular weight excluding hydrogens is 713 g/mol. The van der Waals surface area contributed by atoms with Crippen molar-refractivity contribution < 1.29 is 29.0 Å². The lowest BCUT2D eigenvalue weighted by Gasteiger charge is -2.38. The molecule has 0 saturated carbocycles. The number of ether oxygens (including phenoxy) is 1. The molecule has 56 heavy (non-hydrogen) atoms. The third-order valence-electron chi connectivity index (χ3n) is 10.2. The van der Waals surface area contributed by atoms with Crippen LogP contribution in [0, 0.1) is 16.2 Å². The van der Waals surface area contributed by atoms with Crippen LogP contribution in [0.15, 0.2) is 54.6 Å². The van der Waals surface area contributed by atoms with Crippen LogP contribution in [0.3, 0.4) is 0 Å². The molecule has 4 N–H and O–H groups in total. The molecule has 308 valence electrons. The van der Waals surface area contributed by atoms with Gasteiger partial charge < -0.3 is 30.3 Å². The topological polar surface area (TPSA) is 161 Å². The molecule has 1 fully saturated rings. The number of hydrogen-bond donors (Lipinski definition) is 4. The summed E-state index contributed by atoms with van der Waals surface area (Å²) in [6.45, 7) is 19.0. The van der Waals surface area contributed by atoms with Crippen molar-refractivity contribution in [3.8, 4) is 0 Å². The first-order valence-electron chi connectivity index (χ1n) is 19.5. The van der Waals surface area contributed by atoms with E-state index in [-0.39, 0.29) is 23.9 Å². The lowest BCUT2D eigenvalue weighted by atomic mass is 9.84. The van der Waals surface area contributed by atoms with Gasteiger partial charge in [-0.25, -0.2) is 14.6 Å². The fraction of sp³-hybridized carbons (Fsp3) is 0.595. The fourth-order valence-electron chi connectivity index (χ4n) is 7.08. The Hall–Kier alpha value is -4.69. The summed E-state index contributed by atoms with van der Waals surface area (Å²) < 4.78 is 6.60. The number of nitrogens with one attached hydrogen (secondary N) is 3. The third-order valence-corrected chi connectivity index (χ3v) is 10.2. The summed E-state index contributed by atoms with van der Waals surface area (Å²) in [6.07, 6.45) is -0.906. The monoisotopic (exact) mass is 776 g/mol. The predicted octanol–water partition coefficient (Wildman–Crippen LogP) is 4.85. The van der Waals surface area contributed by atoms with E-state index >= 15 is 0 Å². The number of fused-ring (bicyclic) bond motifs is 1. The zero-order valence-electron chi connectivity index (χ0n) is 35.2. The van der Waals surface area contributed by atoms with Crippen molar-refractivity contribution in [2.45, 2.75) is 106 Å². The number of para-hydroxylation sites is 1. The number of aliphatic hydroxyl groups is 1. The first-order chi connectivity index (χ1) is 26.1. The summed E-state index contributed by atoms with van der Waals surface area (Å²) in [4.78, 5) is 57.9. The Bertz CT molecular complexity index is 1810. The molecule has 0 bridgehead atoms. The van der Waals surface area contributed by atoms with Gasteiger partial charge in [0, 0.05) is 38.6 Å². The molecule has 14 heteroatoms. The highest BCUT2D eigenvalue weighted by molar-refractivity contribution is 5.89. The van der Waals surface area contributed by atoms with E-state index in [4.69, 9.17) is 4.74 Å². The van der Waals surface area contributed by atoms with Crippen LogP contribution in [0.2, 0.25) is 0 Å². The molecule has 3 aromatic rings. The van der Waals surface area contributed by atoms with Crippen LogP contribution in [-0.4, -0.2) is 111 Å². The second kappa shape index (κ2) is 18.1. The maximum atomic E-state index is 14.5. The number of methoxy groups -OCH3 is 1. The minimum Gasteiger partial charge on any atom is -0.453 e. The van der Waals surface area contributed by atoms with Gasteiger partial charge in [0.2, 0.25) is 5.91 Å². The summed E-state index contributed by atoms with van der Waals surface area (Å²) in [7, 11) is 3.12. The molecule has 1 aliphatic heterocycles. The van der Waals surface area contributed by atoms with Crippen LogP contribution in [0.1, 0.15) is 80.0 Å². The molecule has 1 aliphatic rings. The molecule has 4 unspecified atom stereocenters. The number of aliphatic hydroxyl groups excluding tert-OH is 1. The number of hydrazine groups is 1. The molecule has 0 spiro atoms. The minimum absolute atomic E-state index is 0.0245. The molecule has 4 rings (SSSR count).